The molecule has 160 valence electrons. The molecule has 0 radical (unpaired) electrons. The van der Waals surface area contributed by atoms with Crippen molar-refractivity contribution in [3.63, 3.8) is 0 Å². The van der Waals surface area contributed by atoms with Crippen molar-refractivity contribution >= 4 is 6.08 Å². The molecular weight excluding hydrogens is 394 g/mol. The second-order valence-corrected chi connectivity index (χ2v) is 7.47. The van der Waals surface area contributed by atoms with E-state index in [0.29, 0.717) is 30.7 Å². The molecule has 0 aliphatic heterocycles. The molecule has 31 heavy (non-hydrogen) atoms. The van der Waals surface area contributed by atoms with Crippen molar-refractivity contribution in [2.45, 2.75) is 38.7 Å². The first-order valence-corrected chi connectivity index (χ1v) is 10.3. The first kappa shape index (κ1) is 22.5. The summed E-state index contributed by atoms with van der Waals surface area (Å²) in [6.45, 7) is 5.41. The van der Waals surface area contributed by atoms with Gasteiger partial charge >= 0.3 is 0 Å². The number of aliphatic hydroxyl groups excluding tert-OH is 1. The summed E-state index contributed by atoms with van der Waals surface area (Å²) in [5, 5.41) is 9.26. The minimum Gasteiger partial charge on any atom is -0.393 e. The van der Waals surface area contributed by atoms with Gasteiger partial charge in [0.15, 0.2) is 11.6 Å². The Morgan fingerprint density at radius 2 is 1.65 bits per heavy atom. The van der Waals surface area contributed by atoms with Crippen LogP contribution >= 0.6 is 0 Å². The summed E-state index contributed by atoms with van der Waals surface area (Å²) >= 11 is 0. The molecule has 0 spiro atoms. The molecule has 1 N–H and O–H groups in total. The molecule has 0 aliphatic carbocycles. The van der Waals surface area contributed by atoms with E-state index in [1.165, 1.54) is 0 Å². The predicted octanol–water partition coefficient (Wildman–Crippen LogP) is 6.38. The number of halogens is 2. The van der Waals surface area contributed by atoms with E-state index in [-0.39, 0.29) is 17.2 Å². The van der Waals surface area contributed by atoms with E-state index in [1.807, 2.05) is 12.1 Å². The zero-order valence-corrected chi connectivity index (χ0v) is 17.6. The summed E-state index contributed by atoms with van der Waals surface area (Å²) in [5.74, 6) is -1.03. The van der Waals surface area contributed by atoms with Crippen molar-refractivity contribution in [2.24, 2.45) is 0 Å². The van der Waals surface area contributed by atoms with Gasteiger partial charge in [0.1, 0.15) is 5.82 Å². The average Bonchev–Trinajstić information content (AvgIpc) is 2.77. The summed E-state index contributed by atoms with van der Waals surface area (Å²) in [6, 6.07) is 10.4. The minimum atomic E-state index is -0.865. The molecule has 0 saturated heterocycles. The van der Waals surface area contributed by atoms with Crippen molar-refractivity contribution in [2.75, 3.05) is 0 Å². The highest BCUT2D eigenvalue weighted by molar-refractivity contribution is 5.71. The smallest absolute Gasteiger partial charge is 0.167 e. The van der Waals surface area contributed by atoms with Gasteiger partial charge in [-0.25, -0.2) is 18.7 Å². The van der Waals surface area contributed by atoms with E-state index < -0.39 is 11.6 Å². The predicted molar refractivity (Wildman–Crippen MR) is 121 cm³/mol. The largest absolute Gasteiger partial charge is 0.393 e. The number of hydrogen-bond donors (Lipinski definition) is 1. The zero-order valence-electron chi connectivity index (χ0n) is 17.6. The van der Waals surface area contributed by atoms with Crippen LogP contribution in [0.5, 0.6) is 0 Å². The van der Waals surface area contributed by atoms with Crippen molar-refractivity contribution in [1.82, 2.24) is 9.97 Å². The average molecular weight is 421 g/mol. The van der Waals surface area contributed by atoms with E-state index in [0.717, 1.165) is 17.5 Å². The Morgan fingerprint density at radius 3 is 2.29 bits per heavy atom. The number of nitrogens with zero attached hydrogens (tertiary/aromatic N) is 2. The number of rotatable bonds is 9. The van der Waals surface area contributed by atoms with Crippen LogP contribution in [0.15, 0.2) is 67.5 Å². The van der Waals surface area contributed by atoms with Crippen molar-refractivity contribution in [1.29, 1.82) is 0 Å². The molecular formula is C26H26F2N2O. The van der Waals surface area contributed by atoms with Gasteiger partial charge in [-0.3, -0.25) is 0 Å². The zero-order chi connectivity index (χ0) is 22.2. The van der Waals surface area contributed by atoms with Gasteiger partial charge in [0.05, 0.1) is 6.10 Å². The quantitative estimate of drug-likeness (QED) is 0.323. The van der Waals surface area contributed by atoms with Crippen LogP contribution in [-0.2, 0) is 6.42 Å². The molecule has 3 aromatic rings. The van der Waals surface area contributed by atoms with E-state index >= 15 is 0 Å². The molecule has 1 atom stereocenters. The normalized spacial score (nSPS) is 12.3. The van der Waals surface area contributed by atoms with Crippen LogP contribution in [0.4, 0.5) is 8.78 Å². The molecule has 0 fully saturated rings. The molecule has 0 saturated carbocycles. The van der Waals surface area contributed by atoms with E-state index in [9.17, 15) is 13.9 Å². The topological polar surface area (TPSA) is 46.0 Å². The van der Waals surface area contributed by atoms with Gasteiger partial charge in [0.2, 0.25) is 0 Å². The molecule has 0 bridgehead atoms. The molecule has 1 aromatic heterocycles. The third kappa shape index (κ3) is 5.92. The molecule has 3 rings (SSSR count). The second-order valence-electron chi connectivity index (χ2n) is 7.47. The highest BCUT2D eigenvalue weighted by Gasteiger charge is 2.13. The molecule has 0 amide bonds. The Morgan fingerprint density at radius 1 is 0.968 bits per heavy atom. The van der Waals surface area contributed by atoms with Crippen LogP contribution in [0.25, 0.3) is 28.3 Å². The monoisotopic (exact) mass is 420 g/mol. The number of hydrogen-bond acceptors (Lipinski definition) is 3. The third-order valence-corrected chi connectivity index (χ3v) is 4.96. The summed E-state index contributed by atoms with van der Waals surface area (Å²) in [4.78, 5) is 8.59. The number of allylic oxidation sites excluding steroid dienone is 2. The van der Waals surface area contributed by atoms with Gasteiger partial charge in [-0.2, -0.15) is 0 Å². The number of unbranched alkanes of at least 4 members (excludes halogenated alkanes) is 1. The van der Waals surface area contributed by atoms with Gasteiger partial charge in [-0.1, -0.05) is 54.6 Å². The highest BCUT2D eigenvalue weighted by Crippen LogP contribution is 2.29. The molecule has 3 nitrogen and oxygen atoms in total. The van der Waals surface area contributed by atoms with Gasteiger partial charge < -0.3 is 5.11 Å². The maximum absolute atomic E-state index is 14.7. The first-order chi connectivity index (χ1) is 15.0. The Balaban J connectivity index is 1.74. The van der Waals surface area contributed by atoms with Crippen LogP contribution < -0.4 is 0 Å². The SMILES string of the molecule is C=CCc1ncc(-c2ccc(-c3ccc(C=CCCCC(C)O)c(F)c3F)cc2)cn1. The summed E-state index contributed by atoms with van der Waals surface area (Å²) in [6.07, 6.45) is 11.1. The Hall–Kier alpha value is -3.18. The molecule has 1 heterocycles. The van der Waals surface area contributed by atoms with Crippen molar-refractivity contribution < 1.29 is 13.9 Å². The Kier molecular flexibility index (Phi) is 7.79. The van der Waals surface area contributed by atoms with Crippen LogP contribution in [0.2, 0.25) is 0 Å². The van der Waals surface area contributed by atoms with Gasteiger partial charge in [-0.15, -0.1) is 6.58 Å². The maximum Gasteiger partial charge on any atom is 0.167 e. The lowest BCUT2D eigenvalue weighted by Crippen LogP contribution is -1.97. The molecule has 0 aliphatic rings. The van der Waals surface area contributed by atoms with Gasteiger partial charge in [0, 0.05) is 35.5 Å². The fourth-order valence-electron chi connectivity index (χ4n) is 3.24. The number of benzene rings is 2. The fourth-order valence-corrected chi connectivity index (χ4v) is 3.24. The molecule has 2 aromatic carbocycles. The minimum absolute atomic E-state index is 0.215. The van der Waals surface area contributed by atoms with E-state index in [1.54, 1.807) is 61.8 Å². The number of aliphatic hydroxyl groups is 1. The Bertz CT molecular complexity index is 1040. The van der Waals surface area contributed by atoms with E-state index in [2.05, 4.69) is 16.5 Å². The van der Waals surface area contributed by atoms with Crippen molar-refractivity contribution in [3.8, 4) is 22.3 Å². The summed E-state index contributed by atoms with van der Waals surface area (Å²) < 4.78 is 29.2. The standard InChI is InChI=1S/C26H26F2N2O/c1-3-7-24-29-16-22(17-30-24)19-10-12-20(13-11-19)23-15-14-21(25(27)26(23)28)9-6-4-5-8-18(2)31/h3,6,9-18,31H,1,4-5,7-8H2,2H3. The lowest BCUT2D eigenvalue weighted by Gasteiger charge is -2.08. The van der Waals surface area contributed by atoms with Crippen molar-refractivity contribution in [3.05, 3.63) is 90.5 Å². The third-order valence-electron chi connectivity index (χ3n) is 4.96. The molecule has 5 heteroatoms. The first-order valence-electron chi connectivity index (χ1n) is 10.3. The fraction of sp³-hybridized carbons (Fsp3) is 0.231. The van der Waals surface area contributed by atoms with E-state index in [4.69, 9.17) is 0 Å². The van der Waals surface area contributed by atoms with Gasteiger partial charge in [0.25, 0.3) is 0 Å². The van der Waals surface area contributed by atoms with Crippen LogP contribution in [0.3, 0.4) is 0 Å². The Labute approximate surface area is 181 Å². The van der Waals surface area contributed by atoms with Crippen LogP contribution in [0, 0.1) is 11.6 Å². The lowest BCUT2D eigenvalue weighted by molar-refractivity contribution is 0.182. The molecule has 1 unspecified atom stereocenters. The maximum atomic E-state index is 14.7. The second kappa shape index (κ2) is 10.7. The van der Waals surface area contributed by atoms with Crippen LogP contribution in [0.1, 0.15) is 37.6 Å². The highest BCUT2D eigenvalue weighted by atomic mass is 19.2. The summed E-state index contributed by atoms with van der Waals surface area (Å²) in [5.41, 5.74) is 2.77. The lowest BCUT2D eigenvalue weighted by atomic mass is 9.99. The summed E-state index contributed by atoms with van der Waals surface area (Å²) in [7, 11) is 0. The van der Waals surface area contributed by atoms with Gasteiger partial charge in [-0.05, 0) is 37.3 Å². The number of aromatic nitrogens is 2. The van der Waals surface area contributed by atoms with Crippen LogP contribution in [-0.4, -0.2) is 21.2 Å².